The number of hydrogen-bond donors (Lipinski definition) is 1. The molecule has 1 amide bonds. The van der Waals surface area contributed by atoms with E-state index in [1.165, 1.54) is 4.90 Å². The Hall–Kier alpha value is -2.24. The number of carboxylic acids is 1. The first kappa shape index (κ1) is 17.1. The lowest BCUT2D eigenvalue weighted by Gasteiger charge is -2.26. The van der Waals surface area contributed by atoms with E-state index < -0.39 is 12.0 Å². The fraction of sp³-hybridized carbons (Fsp3) is 0.529. The molecule has 0 heterocycles. The second-order valence-electron chi connectivity index (χ2n) is 5.72. The van der Waals surface area contributed by atoms with Gasteiger partial charge in [-0.2, -0.15) is 0 Å². The van der Waals surface area contributed by atoms with Crippen molar-refractivity contribution in [2.45, 2.75) is 44.7 Å². The fourth-order valence-electron chi connectivity index (χ4n) is 2.66. The second-order valence-corrected chi connectivity index (χ2v) is 5.72. The molecule has 23 heavy (non-hydrogen) atoms. The van der Waals surface area contributed by atoms with Crippen molar-refractivity contribution >= 4 is 11.9 Å². The maximum Gasteiger partial charge on any atom is 0.326 e. The van der Waals surface area contributed by atoms with Gasteiger partial charge in [0.25, 0.3) is 0 Å². The maximum absolute atomic E-state index is 12.5. The highest BCUT2D eigenvalue weighted by Crippen LogP contribution is 2.30. The summed E-state index contributed by atoms with van der Waals surface area (Å²) in [4.78, 5) is 25.2. The molecule has 0 aromatic heterocycles. The quantitative estimate of drug-likeness (QED) is 0.793. The van der Waals surface area contributed by atoms with Crippen molar-refractivity contribution in [2.75, 3.05) is 14.2 Å². The largest absolute Gasteiger partial charge is 0.497 e. The van der Waals surface area contributed by atoms with Crippen LogP contribution in [0.25, 0.3) is 0 Å². The topological polar surface area (TPSA) is 76.1 Å². The Morgan fingerprint density at radius 3 is 2.52 bits per heavy atom. The van der Waals surface area contributed by atoms with Crippen molar-refractivity contribution in [2.24, 2.45) is 0 Å². The summed E-state index contributed by atoms with van der Waals surface area (Å²) in [5, 5.41) is 9.18. The molecule has 0 bridgehead atoms. The van der Waals surface area contributed by atoms with Crippen LogP contribution in [-0.2, 0) is 16.0 Å². The lowest BCUT2D eigenvalue weighted by Crippen LogP contribution is -2.44. The normalized spacial score (nSPS) is 14.9. The minimum Gasteiger partial charge on any atom is -0.497 e. The van der Waals surface area contributed by atoms with E-state index in [0.717, 1.165) is 18.4 Å². The summed E-state index contributed by atoms with van der Waals surface area (Å²) in [5.41, 5.74) is 0.874. The van der Waals surface area contributed by atoms with Crippen molar-refractivity contribution in [3.05, 3.63) is 23.8 Å². The van der Waals surface area contributed by atoms with E-state index >= 15 is 0 Å². The summed E-state index contributed by atoms with van der Waals surface area (Å²) < 4.78 is 10.5. The van der Waals surface area contributed by atoms with Gasteiger partial charge in [-0.15, -0.1) is 0 Å². The molecule has 1 aromatic rings. The molecule has 1 aliphatic carbocycles. The van der Waals surface area contributed by atoms with Crippen molar-refractivity contribution in [3.8, 4) is 11.5 Å². The van der Waals surface area contributed by atoms with Crippen LogP contribution < -0.4 is 9.47 Å². The third kappa shape index (κ3) is 4.15. The Morgan fingerprint density at radius 2 is 2.00 bits per heavy atom. The average molecular weight is 321 g/mol. The molecule has 1 unspecified atom stereocenters. The summed E-state index contributed by atoms with van der Waals surface area (Å²) in [7, 11) is 3.16. The number of carbonyl (C=O) groups is 2. The van der Waals surface area contributed by atoms with Crippen LogP contribution in [0.1, 0.15) is 31.7 Å². The summed E-state index contributed by atoms with van der Waals surface area (Å²) in [6, 6.07) is 4.72. The number of amides is 1. The number of nitrogens with zero attached hydrogens (tertiary/aromatic N) is 1. The third-order valence-corrected chi connectivity index (χ3v) is 4.10. The van der Waals surface area contributed by atoms with Crippen molar-refractivity contribution < 1.29 is 24.2 Å². The van der Waals surface area contributed by atoms with E-state index in [-0.39, 0.29) is 18.4 Å². The lowest BCUT2D eigenvalue weighted by molar-refractivity contribution is -0.150. The van der Waals surface area contributed by atoms with Gasteiger partial charge in [-0.3, -0.25) is 4.79 Å². The predicted octanol–water partition coefficient (Wildman–Crippen LogP) is 2.10. The first-order valence-electron chi connectivity index (χ1n) is 7.72. The molecule has 1 saturated carbocycles. The highest BCUT2D eigenvalue weighted by atomic mass is 16.5. The van der Waals surface area contributed by atoms with E-state index in [4.69, 9.17) is 9.47 Å². The van der Waals surface area contributed by atoms with Crippen LogP contribution in [0.3, 0.4) is 0 Å². The van der Waals surface area contributed by atoms with Gasteiger partial charge in [-0.1, -0.05) is 0 Å². The van der Waals surface area contributed by atoms with Gasteiger partial charge in [0, 0.05) is 12.5 Å². The van der Waals surface area contributed by atoms with Crippen molar-refractivity contribution in [3.63, 3.8) is 0 Å². The number of methoxy groups -OCH3 is 2. The van der Waals surface area contributed by atoms with E-state index in [1.807, 2.05) is 6.07 Å². The number of hydrogen-bond acceptors (Lipinski definition) is 4. The van der Waals surface area contributed by atoms with E-state index in [0.29, 0.717) is 17.9 Å². The van der Waals surface area contributed by atoms with Crippen LogP contribution in [0.15, 0.2) is 18.2 Å². The molecule has 0 radical (unpaired) electrons. The molecular weight excluding hydrogens is 298 g/mol. The van der Waals surface area contributed by atoms with Gasteiger partial charge < -0.3 is 19.5 Å². The molecular formula is C17H23NO5. The van der Waals surface area contributed by atoms with Crippen LogP contribution in [-0.4, -0.2) is 48.2 Å². The molecule has 1 atom stereocenters. The predicted molar refractivity (Wildman–Crippen MR) is 84.8 cm³/mol. The number of ether oxygens (including phenoxy) is 2. The molecule has 126 valence electrons. The van der Waals surface area contributed by atoms with Gasteiger partial charge in [-0.25, -0.2) is 4.79 Å². The molecule has 0 saturated heterocycles. The first-order chi connectivity index (χ1) is 11.0. The van der Waals surface area contributed by atoms with Gasteiger partial charge in [0.2, 0.25) is 5.91 Å². The van der Waals surface area contributed by atoms with E-state index in [9.17, 15) is 14.7 Å². The molecule has 1 aromatic carbocycles. The molecule has 1 N–H and O–H groups in total. The Labute approximate surface area is 136 Å². The maximum atomic E-state index is 12.5. The number of rotatable bonds is 8. The first-order valence-corrected chi connectivity index (χ1v) is 7.72. The molecule has 0 spiro atoms. The lowest BCUT2D eigenvalue weighted by atomic mass is 10.1. The minimum absolute atomic E-state index is 0.0702. The summed E-state index contributed by atoms with van der Waals surface area (Å²) in [6.45, 7) is 1.56. The Bertz CT molecular complexity index is 582. The SMILES string of the molecule is COc1ccc(OC)c(CCC(=O)N(C2CC2)C(C)C(=O)O)c1. The van der Waals surface area contributed by atoms with Crippen LogP contribution >= 0.6 is 0 Å². The average Bonchev–Trinajstić information content (AvgIpc) is 3.37. The highest BCUT2D eigenvalue weighted by Gasteiger charge is 2.37. The van der Waals surface area contributed by atoms with Crippen molar-refractivity contribution in [1.29, 1.82) is 0 Å². The van der Waals surface area contributed by atoms with E-state index in [2.05, 4.69) is 0 Å². The van der Waals surface area contributed by atoms with Crippen LogP contribution in [0.4, 0.5) is 0 Å². The monoisotopic (exact) mass is 321 g/mol. The zero-order valence-corrected chi connectivity index (χ0v) is 13.7. The molecule has 1 aliphatic rings. The molecule has 2 rings (SSSR count). The number of carboxylic acid groups (broad SMARTS) is 1. The molecule has 0 aliphatic heterocycles. The Balaban J connectivity index is 2.07. The molecule has 6 heteroatoms. The van der Waals surface area contributed by atoms with Gasteiger partial charge in [0.05, 0.1) is 14.2 Å². The molecule has 6 nitrogen and oxygen atoms in total. The van der Waals surface area contributed by atoms with Gasteiger partial charge in [-0.05, 0) is 49.9 Å². The highest BCUT2D eigenvalue weighted by molar-refractivity contribution is 5.84. The number of aryl methyl sites for hydroxylation is 1. The van der Waals surface area contributed by atoms with Crippen LogP contribution in [0.2, 0.25) is 0 Å². The van der Waals surface area contributed by atoms with Crippen LogP contribution in [0, 0.1) is 0 Å². The van der Waals surface area contributed by atoms with E-state index in [1.54, 1.807) is 33.3 Å². The fourth-order valence-corrected chi connectivity index (χ4v) is 2.66. The standard InChI is InChI=1S/C17H23NO5/c1-11(17(20)21)18(13-5-6-13)16(19)9-4-12-10-14(22-2)7-8-15(12)23-3/h7-8,10-11,13H,4-6,9H2,1-3H3,(H,20,21). The number of carbonyl (C=O) groups excluding carboxylic acids is 1. The Morgan fingerprint density at radius 1 is 1.30 bits per heavy atom. The Kier molecular flexibility index (Phi) is 5.47. The zero-order chi connectivity index (χ0) is 17.0. The van der Waals surface area contributed by atoms with Gasteiger partial charge in [0.1, 0.15) is 17.5 Å². The van der Waals surface area contributed by atoms with Gasteiger partial charge >= 0.3 is 5.97 Å². The number of benzene rings is 1. The van der Waals surface area contributed by atoms with Crippen molar-refractivity contribution in [1.82, 2.24) is 4.90 Å². The minimum atomic E-state index is -0.968. The number of aliphatic carboxylic acids is 1. The second kappa shape index (κ2) is 7.35. The summed E-state index contributed by atoms with van der Waals surface area (Å²) in [6.07, 6.45) is 2.49. The van der Waals surface area contributed by atoms with Gasteiger partial charge in [0.15, 0.2) is 0 Å². The smallest absolute Gasteiger partial charge is 0.326 e. The summed E-state index contributed by atoms with van der Waals surface area (Å²) >= 11 is 0. The zero-order valence-electron chi connectivity index (χ0n) is 13.7. The third-order valence-electron chi connectivity index (χ3n) is 4.10. The molecule has 1 fully saturated rings. The van der Waals surface area contributed by atoms with Crippen LogP contribution in [0.5, 0.6) is 11.5 Å². The summed E-state index contributed by atoms with van der Waals surface area (Å²) in [5.74, 6) is 0.297.